The quantitative estimate of drug-likeness (QED) is 0.515. The minimum absolute atomic E-state index is 0.178. The summed E-state index contributed by atoms with van der Waals surface area (Å²) in [5.74, 6) is -0.813. The molecule has 8 heteroatoms. The van der Waals surface area contributed by atoms with Crippen molar-refractivity contribution in [3.05, 3.63) is 53.2 Å². The normalized spacial score (nSPS) is 14.1. The number of hydrogen-bond acceptors (Lipinski definition) is 3. The monoisotopic (exact) mass is 419 g/mol. The van der Waals surface area contributed by atoms with Crippen molar-refractivity contribution in [2.24, 2.45) is 5.92 Å². The second-order valence-electron chi connectivity index (χ2n) is 7.57. The van der Waals surface area contributed by atoms with Crippen LogP contribution in [0.3, 0.4) is 0 Å². The Balaban J connectivity index is 1.68. The van der Waals surface area contributed by atoms with Crippen molar-refractivity contribution in [2.45, 2.75) is 32.4 Å². The van der Waals surface area contributed by atoms with E-state index in [2.05, 4.69) is 4.98 Å². The number of ether oxygens (including phenoxy) is 2. The first-order valence-corrected chi connectivity index (χ1v) is 9.55. The lowest BCUT2D eigenvalue weighted by Crippen LogP contribution is -2.12. The van der Waals surface area contributed by atoms with E-state index in [1.165, 1.54) is 25.8 Å². The Morgan fingerprint density at radius 1 is 1.20 bits per heavy atom. The summed E-state index contributed by atoms with van der Waals surface area (Å²) in [4.78, 5) is 13.8. The molecule has 1 saturated carbocycles. The highest BCUT2D eigenvalue weighted by molar-refractivity contribution is 5.84. The third-order valence-corrected chi connectivity index (χ3v) is 5.08. The molecule has 0 bridgehead atoms. The highest BCUT2D eigenvalue weighted by Gasteiger charge is 2.36. The number of halogens is 3. The zero-order valence-corrected chi connectivity index (χ0v) is 16.2. The summed E-state index contributed by atoms with van der Waals surface area (Å²) >= 11 is 0. The molecule has 1 heterocycles. The van der Waals surface area contributed by atoms with Crippen molar-refractivity contribution in [1.29, 1.82) is 0 Å². The Hall–Kier alpha value is -3.16. The smallest absolute Gasteiger partial charge is 0.420 e. The first kappa shape index (κ1) is 20.1. The maximum Gasteiger partial charge on any atom is 0.420 e. The molecule has 0 radical (unpaired) electrons. The second-order valence-corrected chi connectivity index (χ2v) is 7.57. The van der Waals surface area contributed by atoms with E-state index in [1.807, 2.05) is 6.20 Å². The van der Waals surface area contributed by atoms with E-state index >= 15 is 0 Å². The minimum atomic E-state index is -4.70. The van der Waals surface area contributed by atoms with Gasteiger partial charge in [-0.2, -0.15) is 13.2 Å². The Bertz CT molecular complexity index is 1100. The van der Waals surface area contributed by atoms with Crippen LogP contribution < -0.4 is 9.47 Å². The predicted octanol–water partition coefficient (Wildman–Crippen LogP) is 5.70. The van der Waals surface area contributed by atoms with Gasteiger partial charge in [-0.1, -0.05) is 0 Å². The van der Waals surface area contributed by atoms with E-state index in [-0.39, 0.29) is 17.1 Å². The van der Waals surface area contributed by atoms with Crippen LogP contribution in [-0.2, 0) is 17.4 Å². The molecule has 0 atom stereocenters. The molecule has 0 unspecified atom stereocenters. The SMILES string of the molecule is Cc1cc(OCC(=O)O)cc(C(F)(F)F)c1Oc1ccc2[nH]cc(CC3CC3)c2c1. The number of rotatable bonds is 7. The molecule has 3 aromatic rings. The van der Waals surface area contributed by atoms with Crippen molar-refractivity contribution in [2.75, 3.05) is 6.61 Å². The van der Waals surface area contributed by atoms with Gasteiger partial charge in [0.2, 0.25) is 0 Å². The maximum atomic E-state index is 13.7. The number of aryl methyl sites for hydroxylation is 1. The molecule has 0 aliphatic heterocycles. The number of hydrogen-bond donors (Lipinski definition) is 2. The number of aromatic amines is 1. The van der Waals surface area contributed by atoms with Gasteiger partial charge in [-0.15, -0.1) is 0 Å². The number of carboxylic acid groups (broad SMARTS) is 1. The molecule has 4 rings (SSSR count). The number of H-pyrrole nitrogens is 1. The third kappa shape index (κ3) is 4.37. The molecule has 5 nitrogen and oxygen atoms in total. The molecule has 1 aromatic heterocycles. The molecule has 2 N–H and O–H groups in total. The van der Waals surface area contributed by atoms with E-state index in [1.54, 1.807) is 18.2 Å². The fraction of sp³-hybridized carbons (Fsp3) is 0.318. The fourth-order valence-electron chi connectivity index (χ4n) is 3.46. The van der Waals surface area contributed by atoms with Crippen LogP contribution in [0.1, 0.15) is 29.5 Å². The van der Waals surface area contributed by atoms with Crippen molar-refractivity contribution >= 4 is 16.9 Å². The van der Waals surface area contributed by atoms with Gasteiger partial charge in [-0.3, -0.25) is 0 Å². The Labute approximate surface area is 170 Å². The summed E-state index contributed by atoms with van der Waals surface area (Å²) in [6.45, 7) is 0.733. The van der Waals surface area contributed by atoms with Crippen LogP contribution in [-0.4, -0.2) is 22.7 Å². The van der Waals surface area contributed by atoms with Crippen LogP contribution in [0.15, 0.2) is 36.5 Å². The lowest BCUT2D eigenvalue weighted by molar-refractivity contribution is -0.139. The number of aliphatic carboxylic acids is 1. The van der Waals surface area contributed by atoms with Crippen LogP contribution in [0.25, 0.3) is 10.9 Å². The summed E-state index contributed by atoms with van der Waals surface area (Å²) in [7, 11) is 0. The van der Waals surface area contributed by atoms with Gasteiger partial charge in [0.1, 0.15) is 22.8 Å². The number of carboxylic acids is 1. The highest BCUT2D eigenvalue weighted by Crippen LogP contribution is 2.43. The van der Waals surface area contributed by atoms with Gasteiger partial charge in [-0.25, -0.2) is 4.79 Å². The number of benzene rings is 2. The standard InChI is InChI=1S/C22H20F3NO4/c1-12-6-16(29-11-20(27)28)9-18(22(23,24)25)21(12)30-15-4-5-19-17(8-15)14(10-26-19)7-13-2-3-13/h4-6,8-10,13,26H,2-3,7,11H2,1H3,(H,27,28). The molecule has 0 spiro atoms. The Morgan fingerprint density at radius 2 is 1.97 bits per heavy atom. The largest absolute Gasteiger partial charge is 0.482 e. The zero-order valence-electron chi connectivity index (χ0n) is 16.2. The number of nitrogens with one attached hydrogen (secondary N) is 1. The van der Waals surface area contributed by atoms with Crippen LogP contribution in [0, 0.1) is 12.8 Å². The van der Waals surface area contributed by atoms with Crippen molar-refractivity contribution in [3.8, 4) is 17.2 Å². The summed E-state index contributed by atoms with van der Waals surface area (Å²) in [5, 5.41) is 9.63. The highest BCUT2D eigenvalue weighted by atomic mass is 19.4. The summed E-state index contributed by atoms with van der Waals surface area (Å²) in [6.07, 6.45) is 0.582. The summed E-state index contributed by atoms with van der Waals surface area (Å²) < 4.78 is 51.6. The summed E-state index contributed by atoms with van der Waals surface area (Å²) in [6, 6.07) is 7.25. The summed E-state index contributed by atoms with van der Waals surface area (Å²) in [5.41, 5.74) is 1.21. The topological polar surface area (TPSA) is 71.6 Å². The molecule has 0 amide bonds. The van der Waals surface area contributed by atoms with Crippen molar-refractivity contribution in [3.63, 3.8) is 0 Å². The van der Waals surface area contributed by atoms with Crippen molar-refractivity contribution < 1.29 is 32.5 Å². The van der Waals surface area contributed by atoms with Gasteiger partial charge in [0, 0.05) is 17.1 Å². The predicted molar refractivity (Wildman–Crippen MR) is 104 cm³/mol. The van der Waals surface area contributed by atoms with Crippen LogP contribution in [0.5, 0.6) is 17.2 Å². The van der Waals surface area contributed by atoms with Crippen molar-refractivity contribution in [1.82, 2.24) is 4.98 Å². The molecule has 158 valence electrons. The average molecular weight is 419 g/mol. The number of carbonyl (C=O) groups is 1. The van der Waals surface area contributed by atoms with E-state index in [9.17, 15) is 18.0 Å². The first-order valence-electron chi connectivity index (χ1n) is 9.55. The van der Waals surface area contributed by atoms with Gasteiger partial charge in [0.15, 0.2) is 6.61 Å². The zero-order chi connectivity index (χ0) is 21.5. The van der Waals surface area contributed by atoms with E-state index in [0.29, 0.717) is 11.7 Å². The third-order valence-electron chi connectivity index (χ3n) is 5.08. The number of aromatic nitrogens is 1. The Morgan fingerprint density at radius 3 is 2.63 bits per heavy atom. The lowest BCUT2D eigenvalue weighted by Gasteiger charge is -2.18. The van der Waals surface area contributed by atoms with Gasteiger partial charge in [-0.05, 0) is 73.6 Å². The van der Waals surface area contributed by atoms with Crippen LogP contribution >= 0.6 is 0 Å². The molecule has 1 aliphatic carbocycles. The molecule has 30 heavy (non-hydrogen) atoms. The average Bonchev–Trinajstić information content (AvgIpc) is 3.40. The molecule has 1 fully saturated rings. The molecule has 0 saturated heterocycles. The van der Waals surface area contributed by atoms with Gasteiger partial charge in [0.25, 0.3) is 0 Å². The first-order chi connectivity index (χ1) is 14.2. The van der Waals surface area contributed by atoms with E-state index < -0.39 is 24.3 Å². The van der Waals surface area contributed by atoms with Gasteiger partial charge < -0.3 is 19.6 Å². The second kappa shape index (κ2) is 7.59. The fourth-order valence-corrected chi connectivity index (χ4v) is 3.46. The van der Waals surface area contributed by atoms with E-state index in [0.717, 1.165) is 29.0 Å². The number of alkyl halides is 3. The molecule has 2 aromatic carbocycles. The van der Waals surface area contributed by atoms with E-state index in [4.69, 9.17) is 14.6 Å². The van der Waals surface area contributed by atoms with Crippen LogP contribution in [0.2, 0.25) is 0 Å². The van der Waals surface area contributed by atoms with Gasteiger partial charge in [0.05, 0.1) is 0 Å². The minimum Gasteiger partial charge on any atom is -0.482 e. The van der Waals surface area contributed by atoms with Gasteiger partial charge >= 0.3 is 12.1 Å². The van der Waals surface area contributed by atoms with Crippen LogP contribution in [0.4, 0.5) is 13.2 Å². The molecular weight excluding hydrogens is 399 g/mol. The maximum absolute atomic E-state index is 13.7. The number of fused-ring (bicyclic) bond motifs is 1. The lowest BCUT2D eigenvalue weighted by atomic mass is 10.1. The molecular formula is C22H20F3NO4. The Kier molecular flexibility index (Phi) is 5.09. The molecule has 1 aliphatic rings.